The van der Waals surface area contributed by atoms with Gasteiger partial charge in [0.2, 0.25) is 0 Å². The van der Waals surface area contributed by atoms with Gasteiger partial charge in [0.15, 0.2) is 0 Å². The number of amides is 2. The van der Waals surface area contributed by atoms with Crippen LogP contribution in [0.3, 0.4) is 0 Å². The summed E-state index contributed by atoms with van der Waals surface area (Å²) in [6.07, 6.45) is 5.56. The average molecular weight is 287 g/mol. The first-order valence-corrected chi connectivity index (χ1v) is 8.12. The first kappa shape index (κ1) is 14.4. The summed E-state index contributed by atoms with van der Waals surface area (Å²) >= 11 is 0. The van der Waals surface area contributed by atoms with Gasteiger partial charge in [-0.25, -0.2) is 4.79 Å². The molecular weight excluding hydrogens is 262 g/mol. The van der Waals surface area contributed by atoms with E-state index in [4.69, 9.17) is 0 Å². The molecule has 0 spiro atoms. The van der Waals surface area contributed by atoms with Gasteiger partial charge in [-0.15, -0.1) is 0 Å². The van der Waals surface area contributed by atoms with Crippen LogP contribution >= 0.6 is 0 Å². The maximum absolute atomic E-state index is 12.1. The largest absolute Gasteiger partial charge is 0.338 e. The standard InChI is InChI=1S/C17H25N3O/c1-3-17(4-2)9-14(17)10-19-16(21)20-11-13(12-20)15-7-5-6-8-18-15/h5-8,13-14H,3-4,9-12H2,1-2H3,(H,19,21). The molecule has 1 aromatic heterocycles. The van der Waals surface area contributed by atoms with Gasteiger partial charge in [0.25, 0.3) is 0 Å². The number of hydrogen-bond acceptors (Lipinski definition) is 2. The SMILES string of the molecule is CCC1(CC)CC1CNC(=O)N1CC(c2ccccn2)C1. The van der Waals surface area contributed by atoms with Gasteiger partial charge >= 0.3 is 6.03 Å². The zero-order valence-electron chi connectivity index (χ0n) is 13.0. The Morgan fingerprint density at radius 2 is 2.14 bits per heavy atom. The second-order valence-electron chi connectivity index (χ2n) is 6.51. The zero-order valence-corrected chi connectivity index (χ0v) is 13.0. The molecule has 1 aliphatic heterocycles. The molecule has 2 aliphatic rings. The smallest absolute Gasteiger partial charge is 0.317 e. The molecular formula is C17H25N3O. The molecule has 2 amide bonds. The maximum Gasteiger partial charge on any atom is 0.317 e. The first-order chi connectivity index (χ1) is 10.2. The monoisotopic (exact) mass is 287 g/mol. The molecule has 114 valence electrons. The second kappa shape index (κ2) is 5.66. The van der Waals surface area contributed by atoms with Gasteiger partial charge in [-0.05, 0) is 29.9 Å². The molecule has 1 saturated heterocycles. The number of carbonyl (C=O) groups is 1. The van der Waals surface area contributed by atoms with E-state index < -0.39 is 0 Å². The van der Waals surface area contributed by atoms with Crippen molar-refractivity contribution in [2.24, 2.45) is 11.3 Å². The molecule has 4 heteroatoms. The van der Waals surface area contributed by atoms with Crippen LogP contribution in [0.1, 0.15) is 44.7 Å². The number of aromatic nitrogens is 1. The fourth-order valence-electron chi connectivity index (χ4n) is 3.61. The molecule has 1 aliphatic carbocycles. The summed E-state index contributed by atoms with van der Waals surface area (Å²) in [5.41, 5.74) is 1.61. The van der Waals surface area contributed by atoms with Crippen molar-refractivity contribution >= 4 is 6.03 Å². The normalized spacial score (nSPS) is 23.5. The van der Waals surface area contributed by atoms with E-state index in [1.165, 1.54) is 19.3 Å². The average Bonchev–Trinajstić information content (AvgIpc) is 3.19. The van der Waals surface area contributed by atoms with E-state index in [9.17, 15) is 4.79 Å². The van der Waals surface area contributed by atoms with Crippen molar-refractivity contribution in [2.45, 2.75) is 39.0 Å². The number of urea groups is 1. The molecule has 4 nitrogen and oxygen atoms in total. The number of carbonyl (C=O) groups excluding carboxylic acids is 1. The lowest BCUT2D eigenvalue weighted by atomic mass is 9.96. The molecule has 1 aromatic rings. The second-order valence-corrected chi connectivity index (χ2v) is 6.51. The summed E-state index contributed by atoms with van der Waals surface area (Å²) in [6.45, 7) is 6.95. The molecule has 1 unspecified atom stereocenters. The van der Waals surface area contributed by atoms with E-state index in [2.05, 4.69) is 24.1 Å². The summed E-state index contributed by atoms with van der Waals surface area (Å²) in [7, 11) is 0. The topological polar surface area (TPSA) is 45.2 Å². The van der Waals surface area contributed by atoms with E-state index >= 15 is 0 Å². The molecule has 2 fully saturated rings. The summed E-state index contributed by atoms with van der Waals surface area (Å²) in [5.74, 6) is 1.09. The lowest BCUT2D eigenvalue weighted by molar-refractivity contribution is 0.149. The van der Waals surface area contributed by atoms with E-state index in [1.54, 1.807) is 0 Å². The Balaban J connectivity index is 1.41. The van der Waals surface area contributed by atoms with Crippen molar-refractivity contribution in [3.8, 4) is 0 Å². The van der Waals surface area contributed by atoms with Crippen molar-refractivity contribution < 1.29 is 4.79 Å². The third kappa shape index (κ3) is 2.76. The van der Waals surface area contributed by atoms with Crippen molar-refractivity contribution in [3.63, 3.8) is 0 Å². The Hall–Kier alpha value is -1.58. The van der Waals surface area contributed by atoms with Crippen LogP contribution < -0.4 is 5.32 Å². The van der Waals surface area contributed by atoms with Crippen molar-refractivity contribution in [1.82, 2.24) is 15.2 Å². The Bertz CT molecular complexity index is 492. The van der Waals surface area contributed by atoms with Crippen molar-refractivity contribution in [1.29, 1.82) is 0 Å². The first-order valence-electron chi connectivity index (χ1n) is 8.12. The number of hydrogen-bond donors (Lipinski definition) is 1. The highest BCUT2D eigenvalue weighted by atomic mass is 16.2. The van der Waals surface area contributed by atoms with Gasteiger partial charge in [-0.2, -0.15) is 0 Å². The summed E-state index contributed by atoms with van der Waals surface area (Å²) < 4.78 is 0. The minimum absolute atomic E-state index is 0.0928. The lowest BCUT2D eigenvalue weighted by Crippen LogP contribution is -2.53. The highest BCUT2D eigenvalue weighted by Crippen LogP contribution is 2.57. The number of likely N-dealkylation sites (tertiary alicyclic amines) is 1. The zero-order chi connectivity index (χ0) is 14.9. The van der Waals surface area contributed by atoms with Gasteiger partial charge in [0, 0.05) is 37.4 Å². The summed E-state index contributed by atoms with van der Waals surface area (Å²) in [5, 5.41) is 3.11. The van der Waals surface area contributed by atoms with E-state index in [1.807, 2.05) is 29.3 Å². The molecule has 1 saturated carbocycles. The summed E-state index contributed by atoms with van der Waals surface area (Å²) in [6, 6.07) is 6.07. The van der Waals surface area contributed by atoms with Crippen molar-refractivity contribution in [3.05, 3.63) is 30.1 Å². The highest BCUT2D eigenvalue weighted by Gasteiger charge is 2.50. The van der Waals surface area contributed by atoms with Crippen LogP contribution in [0.4, 0.5) is 4.79 Å². The number of pyridine rings is 1. The van der Waals surface area contributed by atoms with E-state index in [0.717, 1.165) is 25.3 Å². The van der Waals surface area contributed by atoms with Crippen LogP contribution in [0, 0.1) is 11.3 Å². The van der Waals surface area contributed by atoms with Gasteiger partial charge in [0.05, 0.1) is 0 Å². The predicted molar refractivity (Wildman–Crippen MR) is 83.1 cm³/mol. The van der Waals surface area contributed by atoms with Crippen LogP contribution in [0.25, 0.3) is 0 Å². The Kier molecular flexibility index (Phi) is 3.87. The van der Waals surface area contributed by atoms with Crippen LogP contribution in [0.2, 0.25) is 0 Å². The minimum Gasteiger partial charge on any atom is -0.338 e. The minimum atomic E-state index is 0.0928. The predicted octanol–water partition coefficient (Wildman–Crippen LogP) is 3.02. The van der Waals surface area contributed by atoms with Crippen LogP contribution in [-0.4, -0.2) is 35.5 Å². The highest BCUT2D eigenvalue weighted by molar-refractivity contribution is 5.75. The third-order valence-corrected chi connectivity index (χ3v) is 5.54. The van der Waals surface area contributed by atoms with Crippen molar-refractivity contribution in [2.75, 3.05) is 19.6 Å². The van der Waals surface area contributed by atoms with Gasteiger partial charge in [-0.1, -0.05) is 32.8 Å². The number of nitrogens with zero attached hydrogens (tertiary/aromatic N) is 2. The van der Waals surface area contributed by atoms with Crippen LogP contribution in [0.5, 0.6) is 0 Å². The van der Waals surface area contributed by atoms with E-state index in [-0.39, 0.29) is 6.03 Å². The molecule has 2 heterocycles. The van der Waals surface area contributed by atoms with Gasteiger partial charge in [-0.3, -0.25) is 4.98 Å². The maximum atomic E-state index is 12.1. The Morgan fingerprint density at radius 1 is 1.38 bits per heavy atom. The molecule has 0 bridgehead atoms. The molecule has 0 aromatic carbocycles. The molecule has 1 atom stereocenters. The Morgan fingerprint density at radius 3 is 2.71 bits per heavy atom. The van der Waals surface area contributed by atoms with Crippen LogP contribution in [0.15, 0.2) is 24.4 Å². The molecule has 3 rings (SSSR count). The summed E-state index contributed by atoms with van der Waals surface area (Å²) in [4.78, 5) is 18.4. The fourth-order valence-corrected chi connectivity index (χ4v) is 3.61. The van der Waals surface area contributed by atoms with Gasteiger partial charge in [0.1, 0.15) is 0 Å². The third-order valence-electron chi connectivity index (χ3n) is 5.54. The van der Waals surface area contributed by atoms with Crippen LogP contribution in [-0.2, 0) is 0 Å². The molecule has 21 heavy (non-hydrogen) atoms. The number of rotatable bonds is 5. The molecule has 1 N–H and O–H groups in total. The quantitative estimate of drug-likeness (QED) is 0.904. The molecule has 0 radical (unpaired) electrons. The Labute approximate surface area is 126 Å². The van der Waals surface area contributed by atoms with Gasteiger partial charge < -0.3 is 10.2 Å². The fraction of sp³-hybridized carbons (Fsp3) is 0.647. The van der Waals surface area contributed by atoms with E-state index in [0.29, 0.717) is 17.3 Å². The lowest BCUT2D eigenvalue weighted by Gasteiger charge is -2.38. The number of nitrogens with one attached hydrogen (secondary N) is 1.